The Morgan fingerprint density at radius 3 is 2.17 bits per heavy atom. The number of amides is 1. The van der Waals surface area contributed by atoms with E-state index in [9.17, 15) is 19.7 Å². The number of carbonyl (C=O) groups is 2. The first-order valence-electron chi connectivity index (χ1n) is 8.56. The summed E-state index contributed by atoms with van der Waals surface area (Å²) in [7, 11) is 0. The van der Waals surface area contributed by atoms with E-state index in [0.29, 0.717) is 5.69 Å². The number of non-ortho nitro benzene ring substituents is 1. The number of benzene rings is 3. The highest BCUT2D eigenvalue weighted by atomic mass is 16.6. The number of nitro benzene ring substituents is 1. The van der Waals surface area contributed by atoms with Crippen molar-refractivity contribution in [3.05, 3.63) is 100 Å². The van der Waals surface area contributed by atoms with Crippen molar-refractivity contribution in [1.82, 2.24) is 0 Å². The second-order valence-corrected chi connectivity index (χ2v) is 5.90. The first-order chi connectivity index (χ1) is 14.0. The quantitative estimate of drug-likeness (QED) is 0.285. The van der Waals surface area contributed by atoms with E-state index in [2.05, 4.69) is 5.32 Å². The van der Waals surface area contributed by atoms with Gasteiger partial charge < -0.3 is 9.47 Å². The number of anilines is 1. The number of hydrogen-bond acceptors (Lipinski definition) is 6. The summed E-state index contributed by atoms with van der Waals surface area (Å²) in [5.41, 5.74) is 1.48. The Kier molecular flexibility index (Phi) is 6.16. The normalized spacial score (nSPS) is 10.1. The fraction of sp³-hybridized carbons (Fsp3) is 0.0476. The number of nitrogens with zero attached hydrogens (tertiary/aromatic N) is 1. The standard InChI is InChI=1S/C21H16N2O6/c24-20(29-19-12-10-18(11-13-19)23(26)27)16-6-8-17(9-7-16)22-21(25)28-14-15-4-2-1-3-5-15/h1-13H,14H2,(H,22,25). The van der Waals surface area contributed by atoms with E-state index < -0.39 is 17.0 Å². The van der Waals surface area contributed by atoms with Crippen LogP contribution in [0.1, 0.15) is 15.9 Å². The number of nitrogens with one attached hydrogen (secondary N) is 1. The number of esters is 1. The molecule has 0 radical (unpaired) electrons. The highest BCUT2D eigenvalue weighted by molar-refractivity contribution is 5.92. The van der Waals surface area contributed by atoms with Crippen molar-refractivity contribution >= 4 is 23.4 Å². The predicted molar refractivity (Wildman–Crippen MR) is 105 cm³/mol. The van der Waals surface area contributed by atoms with Crippen LogP contribution in [0.3, 0.4) is 0 Å². The van der Waals surface area contributed by atoms with Gasteiger partial charge in [-0.3, -0.25) is 15.4 Å². The molecule has 0 atom stereocenters. The molecule has 0 aliphatic heterocycles. The molecular formula is C21H16N2O6. The van der Waals surface area contributed by atoms with E-state index in [1.807, 2.05) is 30.3 Å². The Morgan fingerprint density at radius 1 is 0.897 bits per heavy atom. The molecule has 3 aromatic carbocycles. The van der Waals surface area contributed by atoms with Crippen LogP contribution in [0.15, 0.2) is 78.9 Å². The van der Waals surface area contributed by atoms with Gasteiger partial charge in [-0.25, -0.2) is 9.59 Å². The molecule has 146 valence electrons. The summed E-state index contributed by atoms with van der Waals surface area (Å²) >= 11 is 0. The van der Waals surface area contributed by atoms with E-state index >= 15 is 0 Å². The third kappa shape index (κ3) is 5.64. The topological polar surface area (TPSA) is 108 Å². The Balaban J connectivity index is 1.52. The minimum atomic E-state index is -0.628. The molecule has 0 saturated heterocycles. The number of carbonyl (C=O) groups excluding carboxylic acids is 2. The van der Waals surface area contributed by atoms with Gasteiger partial charge in [-0.1, -0.05) is 30.3 Å². The predicted octanol–water partition coefficient (Wildman–Crippen LogP) is 4.56. The summed E-state index contributed by atoms with van der Waals surface area (Å²) in [6.07, 6.45) is -0.616. The molecular weight excluding hydrogens is 376 g/mol. The monoisotopic (exact) mass is 392 g/mol. The lowest BCUT2D eigenvalue weighted by Gasteiger charge is -2.08. The van der Waals surface area contributed by atoms with Crippen LogP contribution in [-0.2, 0) is 11.3 Å². The molecule has 0 spiro atoms. The van der Waals surface area contributed by atoms with Gasteiger partial charge >= 0.3 is 12.1 Å². The Labute approximate surface area is 165 Å². The van der Waals surface area contributed by atoms with Crippen molar-refractivity contribution in [2.24, 2.45) is 0 Å². The van der Waals surface area contributed by atoms with Gasteiger partial charge in [-0.15, -0.1) is 0 Å². The highest BCUT2D eigenvalue weighted by Gasteiger charge is 2.11. The molecule has 0 heterocycles. The maximum absolute atomic E-state index is 12.2. The average molecular weight is 392 g/mol. The van der Waals surface area contributed by atoms with Crippen molar-refractivity contribution in [3.63, 3.8) is 0 Å². The maximum atomic E-state index is 12.2. The molecule has 3 rings (SSSR count). The van der Waals surface area contributed by atoms with Gasteiger partial charge in [-0.05, 0) is 42.0 Å². The highest BCUT2D eigenvalue weighted by Crippen LogP contribution is 2.19. The zero-order valence-electron chi connectivity index (χ0n) is 15.1. The van der Waals surface area contributed by atoms with Gasteiger partial charge in [0.1, 0.15) is 12.4 Å². The lowest BCUT2D eigenvalue weighted by atomic mass is 10.2. The van der Waals surface area contributed by atoms with Gasteiger partial charge in [0.15, 0.2) is 0 Å². The second-order valence-electron chi connectivity index (χ2n) is 5.90. The SMILES string of the molecule is O=C(Nc1ccc(C(=O)Oc2ccc([N+](=O)[O-])cc2)cc1)OCc1ccccc1. The minimum Gasteiger partial charge on any atom is -0.444 e. The minimum absolute atomic E-state index is 0.0978. The van der Waals surface area contributed by atoms with Gasteiger partial charge in [0.05, 0.1) is 10.5 Å². The third-order valence-corrected chi connectivity index (χ3v) is 3.84. The van der Waals surface area contributed by atoms with Crippen LogP contribution in [0.4, 0.5) is 16.2 Å². The van der Waals surface area contributed by atoms with E-state index in [1.165, 1.54) is 48.5 Å². The van der Waals surface area contributed by atoms with Crippen molar-refractivity contribution < 1.29 is 24.0 Å². The summed E-state index contributed by atoms with van der Waals surface area (Å²) in [6, 6.07) is 20.5. The fourth-order valence-electron chi connectivity index (χ4n) is 2.37. The first-order valence-corrected chi connectivity index (χ1v) is 8.56. The van der Waals surface area contributed by atoms with Crippen molar-refractivity contribution in [2.75, 3.05) is 5.32 Å². The van der Waals surface area contributed by atoms with Crippen molar-refractivity contribution in [2.45, 2.75) is 6.61 Å². The molecule has 0 bridgehead atoms. The molecule has 0 fully saturated rings. The molecule has 8 nitrogen and oxygen atoms in total. The molecule has 0 unspecified atom stereocenters. The molecule has 29 heavy (non-hydrogen) atoms. The average Bonchev–Trinajstić information content (AvgIpc) is 2.74. The number of rotatable bonds is 6. The number of nitro groups is 1. The van der Waals surface area contributed by atoms with Gasteiger partial charge in [-0.2, -0.15) is 0 Å². The summed E-state index contributed by atoms with van der Waals surface area (Å²) in [5, 5.41) is 13.2. The summed E-state index contributed by atoms with van der Waals surface area (Å²) in [5.74, 6) is -0.440. The van der Waals surface area contributed by atoms with Gasteiger partial charge in [0.2, 0.25) is 0 Å². The molecule has 8 heteroatoms. The molecule has 0 aliphatic rings. The lowest BCUT2D eigenvalue weighted by Crippen LogP contribution is -2.14. The maximum Gasteiger partial charge on any atom is 0.411 e. The van der Waals surface area contributed by atoms with E-state index in [-0.39, 0.29) is 23.6 Å². The Morgan fingerprint density at radius 2 is 1.55 bits per heavy atom. The molecule has 0 aromatic heterocycles. The molecule has 1 N–H and O–H groups in total. The lowest BCUT2D eigenvalue weighted by molar-refractivity contribution is -0.384. The van der Waals surface area contributed by atoms with Crippen LogP contribution < -0.4 is 10.1 Å². The van der Waals surface area contributed by atoms with Gasteiger partial charge in [0.25, 0.3) is 5.69 Å². The summed E-state index contributed by atoms with van der Waals surface area (Å²) in [6.45, 7) is 0.145. The zero-order valence-corrected chi connectivity index (χ0v) is 15.1. The summed E-state index contributed by atoms with van der Waals surface area (Å²) < 4.78 is 10.3. The fourth-order valence-corrected chi connectivity index (χ4v) is 2.37. The summed E-state index contributed by atoms with van der Waals surface area (Å²) in [4.78, 5) is 34.1. The number of hydrogen-bond donors (Lipinski definition) is 1. The molecule has 1 amide bonds. The van der Waals surface area contributed by atoms with Crippen LogP contribution in [0.2, 0.25) is 0 Å². The number of ether oxygens (including phenoxy) is 2. The zero-order chi connectivity index (χ0) is 20.6. The largest absolute Gasteiger partial charge is 0.444 e. The Hall–Kier alpha value is -4.20. The van der Waals surface area contributed by atoms with Crippen LogP contribution in [0.5, 0.6) is 5.75 Å². The Bertz CT molecular complexity index is 1000. The van der Waals surface area contributed by atoms with Crippen LogP contribution in [0.25, 0.3) is 0 Å². The molecule has 3 aromatic rings. The van der Waals surface area contributed by atoms with Crippen LogP contribution in [-0.4, -0.2) is 17.0 Å². The second kappa shape index (κ2) is 9.14. The van der Waals surface area contributed by atoms with E-state index in [4.69, 9.17) is 9.47 Å². The van der Waals surface area contributed by atoms with Crippen LogP contribution >= 0.6 is 0 Å². The third-order valence-electron chi connectivity index (χ3n) is 3.84. The molecule has 0 aliphatic carbocycles. The molecule has 0 saturated carbocycles. The first kappa shape index (κ1) is 19.6. The smallest absolute Gasteiger partial charge is 0.411 e. The van der Waals surface area contributed by atoms with Crippen molar-refractivity contribution in [3.8, 4) is 5.75 Å². The van der Waals surface area contributed by atoms with Crippen molar-refractivity contribution in [1.29, 1.82) is 0 Å². The van der Waals surface area contributed by atoms with Crippen LogP contribution in [0, 0.1) is 10.1 Å². The van der Waals surface area contributed by atoms with Gasteiger partial charge in [0, 0.05) is 17.8 Å². The van der Waals surface area contributed by atoms with E-state index in [1.54, 1.807) is 0 Å². The van der Waals surface area contributed by atoms with E-state index in [0.717, 1.165) is 5.56 Å².